The lowest BCUT2D eigenvalue weighted by Crippen LogP contribution is -2.56. The first-order valence-corrected chi connectivity index (χ1v) is 5.17. The molecule has 0 spiro atoms. The number of carbonyl (C=O) groups excluding carboxylic acids is 2. The lowest BCUT2D eigenvalue weighted by Gasteiger charge is -2.24. The van der Waals surface area contributed by atoms with Crippen LogP contribution in [0.1, 0.15) is 6.92 Å². The highest BCUT2D eigenvalue weighted by Gasteiger charge is 2.64. The second-order valence-electron chi connectivity index (χ2n) is 4.18. The van der Waals surface area contributed by atoms with Gasteiger partial charge in [0.15, 0.2) is 0 Å². The van der Waals surface area contributed by atoms with Crippen molar-refractivity contribution in [2.75, 3.05) is 20.1 Å². The van der Waals surface area contributed by atoms with E-state index in [0.717, 1.165) is 0 Å². The van der Waals surface area contributed by atoms with E-state index in [1.807, 2.05) is 0 Å². The summed E-state index contributed by atoms with van der Waals surface area (Å²) in [5.74, 6) is -1.41. The maximum atomic E-state index is 12.7. The molecule has 6 nitrogen and oxygen atoms in total. The van der Waals surface area contributed by atoms with Gasteiger partial charge >= 0.3 is 12.2 Å². The quantitative estimate of drug-likeness (QED) is 0.598. The Hall–Kier alpha value is -1.35. The molecule has 1 aliphatic rings. The van der Waals surface area contributed by atoms with Crippen molar-refractivity contribution in [3.8, 4) is 0 Å². The molecule has 0 aromatic heterocycles. The van der Waals surface area contributed by atoms with Gasteiger partial charge in [-0.3, -0.25) is 9.69 Å². The number of hydrogen-bond acceptors (Lipinski definition) is 4. The van der Waals surface area contributed by atoms with Gasteiger partial charge in [0.2, 0.25) is 5.54 Å². The number of β-amino-alcohol motifs (C(OH)–C–C–N with tert-alkyl or cyclic N) is 1. The summed E-state index contributed by atoms with van der Waals surface area (Å²) in [4.78, 5) is 23.3. The number of likely N-dealkylation sites (N-methyl/N-ethyl adjacent to an activating group) is 1. The molecule has 18 heavy (non-hydrogen) atoms. The third kappa shape index (κ3) is 2.41. The number of halogens is 3. The van der Waals surface area contributed by atoms with Crippen LogP contribution in [0.15, 0.2) is 0 Å². The van der Waals surface area contributed by atoms with E-state index in [1.54, 1.807) is 5.32 Å². The Labute approximate surface area is 101 Å². The fourth-order valence-corrected chi connectivity index (χ4v) is 1.57. The molecular formula is C9H14F3N3O3. The number of nitrogens with zero attached hydrogens (tertiary/aromatic N) is 1. The maximum absolute atomic E-state index is 12.7. The average Bonchev–Trinajstić information content (AvgIpc) is 2.43. The molecule has 0 aromatic rings. The van der Waals surface area contributed by atoms with E-state index in [9.17, 15) is 27.9 Å². The Balaban J connectivity index is 2.86. The summed E-state index contributed by atoms with van der Waals surface area (Å²) in [7, 11) is 1.52. The molecule has 1 heterocycles. The van der Waals surface area contributed by atoms with Gasteiger partial charge in [-0.2, -0.15) is 13.2 Å². The SMILES string of the molecule is CNCC(O)CN1C(=O)NC(C)(C(F)(F)F)C1=O. The zero-order chi connectivity index (χ0) is 14.1. The summed E-state index contributed by atoms with van der Waals surface area (Å²) in [6, 6.07) is -1.16. The summed E-state index contributed by atoms with van der Waals surface area (Å²) >= 11 is 0. The van der Waals surface area contributed by atoms with Gasteiger partial charge in [-0.15, -0.1) is 0 Å². The van der Waals surface area contributed by atoms with Crippen molar-refractivity contribution in [2.24, 2.45) is 0 Å². The van der Waals surface area contributed by atoms with Crippen molar-refractivity contribution < 1.29 is 27.9 Å². The van der Waals surface area contributed by atoms with E-state index in [2.05, 4.69) is 5.32 Å². The zero-order valence-electron chi connectivity index (χ0n) is 9.84. The standard InChI is InChI=1S/C9H14F3N3O3/c1-8(9(10,11)12)6(17)15(7(18)14-8)4-5(16)3-13-2/h5,13,16H,3-4H2,1-2H3,(H,14,18). The van der Waals surface area contributed by atoms with Gasteiger partial charge in [-0.1, -0.05) is 0 Å². The topological polar surface area (TPSA) is 81.7 Å². The number of amides is 3. The molecule has 0 aliphatic carbocycles. The van der Waals surface area contributed by atoms with Crippen LogP contribution in [0.4, 0.5) is 18.0 Å². The van der Waals surface area contributed by atoms with Crippen molar-refractivity contribution in [3.05, 3.63) is 0 Å². The summed E-state index contributed by atoms with van der Waals surface area (Å²) in [5.41, 5.74) is -2.93. The largest absolute Gasteiger partial charge is 0.420 e. The summed E-state index contributed by atoms with van der Waals surface area (Å²) in [5, 5.41) is 13.6. The number of carbonyl (C=O) groups is 2. The van der Waals surface area contributed by atoms with Crippen molar-refractivity contribution in [3.63, 3.8) is 0 Å². The zero-order valence-corrected chi connectivity index (χ0v) is 9.84. The van der Waals surface area contributed by atoms with Crippen LogP contribution in [0.3, 0.4) is 0 Å². The molecule has 2 unspecified atom stereocenters. The lowest BCUT2D eigenvalue weighted by molar-refractivity contribution is -0.191. The number of rotatable bonds is 4. The molecule has 9 heteroatoms. The molecule has 1 rings (SSSR count). The maximum Gasteiger partial charge on any atom is 0.420 e. The molecule has 2 atom stereocenters. The van der Waals surface area contributed by atoms with Gasteiger partial charge in [0.05, 0.1) is 12.6 Å². The summed E-state index contributed by atoms with van der Waals surface area (Å²) in [6.45, 7) is 0.161. The summed E-state index contributed by atoms with van der Waals surface area (Å²) in [6.07, 6.45) is -6.01. The normalized spacial score (nSPS) is 26.4. The lowest BCUT2D eigenvalue weighted by atomic mass is 10.0. The number of urea groups is 1. The highest BCUT2D eigenvalue weighted by Crippen LogP contribution is 2.35. The Bertz CT molecular complexity index is 361. The monoisotopic (exact) mass is 269 g/mol. The van der Waals surface area contributed by atoms with Gasteiger partial charge in [0.25, 0.3) is 5.91 Å². The smallest absolute Gasteiger partial charge is 0.390 e. The molecule has 1 saturated heterocycles. The number of aliphatic hydroxyl groups excluding tert-OH is 1. The number of alkyl halides is 3. The minimum absolute atomic E-state index is 0.0553. The minimum Gasteiger partial charge on any atom is -0.390 e. The van der Waals surface area contributed by atoms with Crippen LogP contribution in [0.25, 0.3) is 0 Å². The van der Waals surface area contributed by atoms with Crippen molar-refractivity contribution >= 4 is 11.9 Å². The van der Waals surface area contributed by atoms with Crippen LogP contribution in [0.5, 0.6) is 0 Å². The second-order valence-corrected chi connectivity index (χ2v) is 4.18. The fourth-order valence-electron chi connectivity index (χ4n) is 1.57. The van der Waals surface area contributed by atoms with Crippen LogP contribution < -0.4 is 10.6 Å². The first-order valence-electron chi connectivity index (χ1n) is 5.17. The van der Waals surface area contributed by atoms with Crippen LogP contribution in [-0.4, -0.2) is 59.9 Å². The molecule has 0 aromatic carbocycles. The van der Waals surface area contributed by atoms with Gasteiger partial charge < -0.3 is 15.7 Å². The van der Waals surface area contributed by atoms with Gasteiger partial charge in [0, 0.05) is 6.54 Å². The number of imide groups is 1. The van der Waals surface area contributed by atoms with Crippen LogP contribution in [-0.2, 0) is 4.79 Å². The predicted octanol–water partition coefficient (Wildman–Crippen LogP) is -0.561. The van der Waals surface area contributed by atoms with E-state index < -0.39 is 36.3 Å². The second kappa shape index (κ2) is 4.73. The molecule has 3 amide bonds. The molecule has 0 radical (unpaired) electrons. The van der Waals surface area contributed by atoms with Gasteiger partial charge in [-0.05, 0) is 14.0 Å². The molecule has 1 fully saturated rings. The number of nitrogens with one attached hydrogen (secondary N) is 2. The number of aliphatic hydroxyl groups is 1. The molecule has 3 N–H and O–H groups in total. The Kier molecular flexibility index (Phi) is 3.86. The Morgan fingerprint density at radius 1 is 1.50 bits per heavy atom. The van der Waals surface area contributed by atoms with Crippen molar-refractivity contribution in [1.29, 1.82) is 0 Å². The van der Waals surface area contributed by atoms with Crippen LogP contribution >= 0.6 is 0 Å². The first kappa shape index (κ1) is 14.7. The Morgan fingerprint density at radius 2 is 2.06 bits per heavy atom. The highest BCUT2D eigenvalue weighted by atomic mass is 19.4. The van der Waals surface area contributed by atoms with Crippen LogP contribution in [0, 0.1) is 0 Å². The minimum atomic E-state index is -4.89. The predicted molar refractivity (Wildman–Crippen MR) is 54.6 cm³/mol. The molecule has 104 valence electrons. The van der Waals surface area contributed by atoms with Crippen molar-refractivity contribution in [1.82, 2.24) is 15.5 Å². The van der Waals surface area contributed by atoms with Gasteiger partial charge in [0.1, 0.15) is 0 Å². The van der Waals surface area contributed by atoms with E-state index in [0.29, 0.717) is 11.8 Å². The van der Waals surface area contributed by atoms with E-state index in [1.165, 1.54) is 7.05 Å². The summed E-state index contributed by atoms with van der Waals surface area (Å²) < 4.78 is 38.1. The third-order valence-corrected chi connectivity index (χ3v) is 2.67. The van der Waals surface area contributed by atoms with Gasteiger partial charge in [-0.25, -0.2) is 4.79 Å². The molecule has 1 aliphatic heterocycles. The fraction of sp³-hybridized carbons (Fsp3) is 0.778. The van der Waals surface area contributed by atoms with E-state index >= 15 is 0 Å². The molecular weight excluding hydrogens is 255 g/mol. The van der Waals surface area contributed by atoms with E-state index in [4.69, 9.17) is 0 Å². The highest BCUT2D eigenvalue weighted by molar-refractivity contribution is 6.07. The molecule has 0 bridgehead atoms. The average molecular weight is 269 g/mol. The Morgan fingerprint density at radius 3 is 2.44 bits per heavy atom. The first-order chi connectivity index (χ1) is 8.13. The number of hydrogen-bond donors (Lipinski definition) is 3. The van der Waals surface area contributed by atoms with Crippen molar-refractivity contribution in [2.45, 2.75) is 24.7 Å². The van der Waals surface area contributed by atoms with Crippen LogP contribution in [0.2, 0.25) is 0 Å². The molecule has 0 saturated carbocycles. The van der Waals surface area contributed by atoms with E-state index in [-0.39, 0.29) is 6.54 Å². The third-order valence-electron chi connectivity index (χ3n) is 2.67.